The summed E-state index contributed by atoms with van der Waals surface area (Å²) in [6.45, 7) is 80.2. The van der Waals surface area contributed by atoms with Crippen molar-refractivity contribution >= 4 is 0 Å². The molecule has 0 spiro atoms. The van der Waals surface area contributed by atoms with Gasteiger partial charge in [-0.3, -0.25) is 14.0 Å². The zero-order chi connectivity index (χ0) is 97.9. The van der Waals surface area contributed by atoms with Crippen LogP contribution in [0.3, 0.4) is 0 Å². The maximum atomic E-state index is 4.22. The minimum atomic E-state index is 0.635. The predicted molar refractivity (Wildman–Crippen MR) is 552 cm³/mol. The van der Waals surface area contributed by atoms with Crippen molar-refractivity contribution in [2.45, 2.75) is 499 Å². The highest BCUT2D eigenvalue weighted by Crippen LogP contribution is 2.20. The first-order chi connectivity index (χ1) is 62.2. The number of aromatic nitrogens is 24. The van der Waals surface area contributed by atoms with Crippen LogP contribution in [0.1, 0.15) is 440 Å². The van der Waals surface area contributed by atoms with Crippen LogP contribution in [0.25, 0.3) is 0 Å². The fraction of sp³-hybridized carbons (Fsp3) is 0.850. The van der Waals surface area contributed by atoms with E-state index < -0.39 is 0 Å². The summed E-state index contributed by atoms with van der Waals surface area (Å²) in [7, 11) is 0. The molecule has 0 saturated heterocycles. The summed E-state index contributed by atoms with van der Waals surface area (Å²) < 4.78 is 16.3. The molecule has 0 amide bonds. The first-order valence-electron chi connectivity index (χ1n) is 53.2. The van der Waals surface area contributed by atoms with Gasteiger partial charge in [-0.25, -0.2) is 23.4 Å². The molecule has 8 rings (SSSR count). The van der Waals surface area contributed by atoms with Gasteiger partial charge < -0.3 is 0 Å². The summed E-state index contributed by atoms with van der Waals surface area (Å²) in [5, 5.41) is 65.9. The maximum Gasteiger partial charge on any atom is 0.0827 e. The maximum absolute atomic E-state index is 4.22. The van der Waals surface area contributed by atoms with Crippen molar-refractivity contribution in [1.29, 1.82) is 0 Å². The molecule has 8 aromatic heterocycles. The standard InChI is InChI=1S/3C14H27N3.5C13H25N3/c1-12(2)7-5-9-14-11-17(16-15-14)10-6-8-13(3)4;1-12(2)7-5-6-8-14-11-17(16-15-14)10-9-13(3)4;1-12(2)8-6-5-7-9-14-11-17(16-15-14)10-13(3)4;1-11(2)6-5-9-16-13(10-14-15-16)8-7-12(3)4;1-11(2)6-5-7-13-10-14-15-16(13)9-8-12(3)4;1-11(2)7-5-6-8-13-9-14-15-16(13)10-12(3)4;2*1-11(2)7-5-6-8-16-13(9-12(3)4)10-14-15-16/h3*11-13H,5-10H2,1-4H3;2*10-12H,5-9H2,1-4H3;9,11-12H,5-8,10H2,1-4H3;2*10-12H,5-9H2,1-4H3. The minimum Gasteiger partial charge on any atom is -0.252 e. The Kier molecular flexibility index (Phi) is 70.2. The number of rotatable bonds is 59. The molecule has 0 aromatic carbocycles. The van der Waals surface area contributed by atoms with Crippen LogP contribution in [0.2, 0.25) is 0 Å². The highest BCUT2D eigenvalue weighted by Gasteiger charge is 2.14. The molecule has 24 nitrogen and oxygen atoms in total. The van der Waals surface area contributed by atoms with E-state index in [4.69, 9.17) is 0 Å². The molecule has 0 atom stereocenters. The highest BCUT2D eigenvalue weighted by molar-refractivity contribution is 4.99. The summed E-state index contributed by atoms with van der Waals surface area (Å²) >= 11 is 0. The molecule has 754 valence electrons. The average Bonchev–Trinajstić information content (AvgIpc) is 1.77. The van der Waals surface area contributed by atoms with Crippen molar-refractivity contribution < 1.29 is 0 Å². The number of aryl methyl sites for hydroxylation is 12. The van der Waals surface area contributed by atoms with Crippen LogP contribution >= 0.6 is 0 Å². The van der Waals surface area contributed by atoms with Crippen molar-refractivity contribution in [2.75, 3.05) is 0 Å². The van der Waals surface area contributed by atoms with Gasteiger partial charge in [-0.2, -0.15) is 0 Å². The predicted octanol–water partition coefficient (Wildman–Crippen LogP) is 27.6. The molecular formula is C107H206N24. The summed E-state index contributed by atoms with van der Waals surface area (Å²) in [6, 6.07) is 0. The van der Waals surface area contributed by atoms with Crippen LogP contribution < -0.4 is 0 Å². The van der Waals surface area contributed by atoms with Gasteiger partial charge in [0.1, 0.15) is 0 Å². The molecule has 0 fully saturated rings. The molecule has 0 aliphatic carbocycles. The van der Waals surface area contributed by atoms with Crippen LogP contribution in [-0.2, 0) is 104 Å². The van der Waals surface area contributed by atoms with Gasteiger partial charge in [-0.05, 0) is 236 Å². The van der Waals surface area contributed by atoms with Crippen LogP contribution in [-0.4, -0.2) is 120 Å². The number of nitrogens with zero attached hydrogens (tertiary/aromatic N) is 24. The monoisotopic (exact) mass is 1830 g/mol. The minimum absolute atomic E-state index is 0.635. The van der Waals surface area contributed by atoms with E-state index in [0.717, 1.165) is 192 Å². The van der Waals surface area contributed by atoms with Gasteiger partial charge in [0.2, 0.25) is 0 Å². The Morgan fingerprint density at radius 2 is 0.450 bits per heavy atom. The largest absolute Gasteiger partial charge is 0.252 e. The first kappa shape index (κ1) is 122. The third-order valence-corrected chi connectivity index (χ3v) is 22.6. The quantitative estimate of drug-likeness (QED) is 0.0322. The first-order valence-corrected chi connectivity index (χ1v) is 53.2. The average molecular weight is 1830 g/mol. The Morgan fingerprint density at radius 1 is 0.183 bits per heavy atom. The molecule has 0 aliphatic heterocycles. The lowest BCUT2D eigenvalue weighted by Gasteiger charge is -2.08. The van der Waals surface area contributed by atoms with Crippen molar-refractivity contribution in [3.63, 3.8) is 0 Å². The van der Waals surface area contributed by atoms with Crippen LogP contribution in [0.4, 0.5) is 0 Å². The summed E-state index contributed by atoms with van der Waals surface area (Å²) in [4.78, 5) is 0. The topological polar surface area (TPSA) is 246 Å². The van der Waals surface area contributed by atoms with Gasteiger partial charge in [0.25, 0.3) is 0 Å². The summed E-state index contributed by atoms with van der Waals surface area (Å²) in [5.74, 6) is 12.1. The Bertz CT molecular complexity index is 3580. The zero-order valence-corrected chi connectivity index (χ0v) is 91.0. The van der Waals surface area contributed by atoms with Gasteiger partial charge in [0.15, 0.2) is 0 Å². The third-order valence-electron chi connectivity index (χ3n) is 22.6. The van der Waals surface area contributed by atoms with Crippen molar-refractivity contribution in [3.05, 3.63) is 95.1 Å². The second-order valence-corrected chi connectivity index (χ2v) is 44.6. The van der Waals surface area contributed by atoms with Crippen LogP contribution in [0.15, 0.2) is 49.6 Å². The van der Waals surface area contributed by atoms with Gasteiger partial charge in [0, 0.05) is 70.9 Å². The Hall–Kier alpha value is -6.88. The van der Waals surface area contributed by atoms with E-state index in [1.807, 2.05) is 45.0 Å². The Balaban J connectivity index is 0.000000749. The highest BCUT2D eigenvalue weighted by atomic mass is 15.5. The van der Waals surface area contributed by atoms with E-state index in [2.05, 4.69) is 346 Å². The van der Waals surface area contributed by atoms with E-state index in [1.165, 1.54) is 202 Å². The van der Waals surface area contributed by atoms with E-state index in [9.17, 15) is 0 Å². The number of hydrogen-bond acceptors (Lipinski definition) is 16. The van der Waals surface area contributed by atoms with Crippen LogP contribution in [0, 0.1) is 94.7 Å². The molecule has 0 radical (unpaired) electrons. The summed E-state index contributed by atoms with van der Waals surface area (Å²) in [5.41, 5.74) is 9.87. The van der Waals surface area contributed by atoms with Gasteiger partial charge in [-0.1, -0.05) is 347 Å². The Morgan fingerprint density at radius 3 is 0.855 bits per heavy atom. The molecule has 0 N–H and O–H groups in total. The van der Waals surface area contributed by atoms with Gasteiger partial charge >= 0.3 is 0 Å². The van der Waals surface area contributed by atoms with Gasteiger partial charge in [-0.15, -0.1) is 40.8 Å². The molecule has 8 heterocycles. The Labute approximate surface area is 803 Å². The number of unbranched alkanes of at least 4 members (excludes halogenated alkanes) is 6. The second kappa shape index (κ2) is 75.3. The van der Waals surface area contributed by atoms with E-state index >= 15 is 0 Å². The third kappa shape index (κ3) is 69.6. The lowest BCUT2D eigenvalue weighted by atomic mass is 10.0. The van der Waals surface area contributed by atoms with E-state index in [-0.39, 0.29) is 0 Å². The molecule has 131 heavy (non-hydrogen) atoms. The molecule has 0 saturated carbocycles. The van der Waals surface area contributed by atoms with Crippen molar-refractivity contribution in [2.24, 2.45) is 94.7 Å². The van der Waals surface area contributed by atoms with Crippen LogP contribution in [0.5, 0.6) is 0 Å². The SMILES string of the molecule is CC(C)CCCCCc1cn(CC(C)C)nn1.CC(C)CCCCc1cn(CCC(C)C)nn1.CC(C)CCCCc1cnnn1CC(C)C.CC(C)CCCCn1nncc1CC(C)C.CC(C)CCCCn1nncc1CC(C)C.CC(C)CCCc1cn(CCCC(C)C)nn1.CC(C)CCCc1cnnn1CCC(C)C.CC(C)CCCn1nncc1CCC(C)C. The van der Waals surface area contributed by atoms with Gasteiger partial charge in [0.05, 0.1) is 76.5 Å². The second-order valence-electron chi connectivity index (χ2n) is 44.6. The lowest BCUT2D eigenvalue weighted by Crippen LogP contribution is -2.10. The van der Waals surface area contributed by atoms with E-state index in [1.54, 1.807) is 0 Å². The lowest BCUT2D eigenvalue weighted by molar-refractivity contribution is 0.452. The zero-order valence-electron chi connectivity index (χ0n) is 91.0. The molecule has 8 aromatic rings. The van der Waals surface area contributed by atoms with E-state index in [0.29, 0.717) is 23.7 Å². The molecular weight excluding hydrogens is 1620 g/mol. The normalized spacial score (nSPS) is 11.6. The molecule has 0 aliphatic rings. The smallest absolute Gasteiger partial charge is 0.0827 e. The fourth-order valence-corrected chi connectivity index (χ4v) is 14.7. The molecule has 0 unspecified atom stereocenters. The molecule has 24 heteroatoms. The molecule has 0 bridgehead atoms. The van der Waals surface area contributed by atoms with Crippen molar-refractivity contribution in [3.8, 4) is 0 Å². The van der Waals surface area contributed by atoms with Crippen molar-refractivity contribution in [1.82, 2.24) is 120 Å². The summed E-state index contributed by atoms with van der Waals surface area (Å²) in [6.07, 6.45) is 58.8. The fourth-order valence-electron chi connectivity index (χ4n) is 14.7. The number of hydrogen-bond donors (Lipinski definition) is 0.